The van der Waals surface area contributed by atoms with Gasteiger partial charge in [0.2, 0.25) is 0 Å². The minimum atomic E-state index is 0.00608. The number of ether oxygens (including phenoxy) is 1. The number of rotatable bonds is 1. The first-order valence-corrected chi connectivity index (χ1v) is 4.99. The molecule has 3 heteroatoms. The van der Waals surface area contributed by atoms with Crippen LogP contribution in [0.4, 0.5) is 0 Å². The predicted molar refractivity (Wildman–Crippen MR) is 50.2 cm³/mol. The Balaban J connectivity index is 2.23. The van der Waals surface area contributed by atoms with Gasteiger partial charge in [-0.1, -0.05) is 18.2 Å². The lowest BCUT2D eigenvalue weighted by Crippen LogP contribution is -2.24. The highest BCUT2D eigenvalue weighted by molar-refractivity contribution is 5.98. The van der Waals surface area contributed by atoms with Gasteiger partial charge < -0.3 is 9.16 Å². The smallest absolute Gasteiger partial charge is 0.190 e. The zero-order valence-electron chi connectivity index (χ0n) is 7.12. The first-order valence-electron chi connectivity index (χ1n) is 4.17. The maximum atomic E-state index is 5.59. The Kier molecular flexibility index (Phi) is 2.14. The van der Waals surface area contributed by atoms with Crippen LogP contribution in [0, 0.1) is 0 Å². The van der Waals surface area contributed by atoms with E-state index in [2.05, 4.69) is 6.07 Å². The van der Waals surface area contributed by atoms with Gasteiger partial charge in [-0.25, -0.2) is 0 Å². The summed E-state index contributed by atoms with van der Waals surface area (Å²) in [6.45, 7) is 0. The molecule has 1 heterocycles. The molecule has 64 valence electrons. The molecule has 0 fully saturated rings. The number of benzene rings is 1. The van der Waals surface area contributed by atoms with Gasteiger partial charge in [-0.05, 0) is 18.1 Å². The molecule has 1 aliphatic heterocycles. The molecule has 0 spiro atoms. The number of hydrogen-bond acceptors (Lipinski definition) is 2. The van der Waals surface area contributed by atoms with E-state index >= 15 is 0 Å². The van der Waals surface area contributed by atoms with E-state index in [9.17, 15) is 0 Å². The third-order valence-corrected chi connectivity index (χ3v) is 2.67. The second-order valence-corrected chi connectivity index (χ2v) is 3.40. The molecule has 0 bridgehead atoms. The molecule has 1 aromatic carbocycles. The average Bonchev–Trinajstić information content (AvgIpc) is 2.17. The molecular formula is C9H12O2Si. The van der Waals surface area contributed by atoms with Crippen LogP contribution in [0.3, 0.4) is 0 Å². The van der Waals surface area contributed by atoms with Crippen LogP contribution >= 0.6 is 0 Å². The molecule has 0 aromatic heterocycles. The van der Waals surface area contributed by atoms with Crippen molar-refractivity contribution >= 4 is 10.5 Å². The van der Waals surface area contributed by atoms with Gasteiger partial charge in [0.25, 0.3) is 0 Å². The van der Waals surface area contributed by atoms with E-state index in [1.54, 1.807) is 0 Å². The average molecular weight is 180 g/mol. The highest BCUT2D eigenvalue weighted by atomic mass is 28.2. The fourth-order valence-electron chi connectivity index (χ4n) is 1.47. The van der Waals surface area contributed by atoms with E-state index in [1.807, 2.05) is 18.2 Å². The molecule has 1 aromatic rings. The zero-order valence-corrected chi connectivity index (χ0v) is 9.12. The highest BCUT2D eigenvalue weighted by Gasteiger charge is 2.17. The maximum Gasteiger partial charge on any atom is 0.190 e. The van der Waals surface area contributed by atoms with Gasteiger partial charge in [-0.15, -0.1) is 0 Å². The van der Waals surface area contributed by atoms with Gasteiger partial charge >= 0.3 is 0 Å². The van der Waals surface area contributed by atoms with Crippen molar-refractivity contribution in [3.05, 3.63) is 29.8 Å². The summed E-state index contributed by atoms with van der Waals surface area (Å²) in [7, 11) is 0.747. The summed E-state index contributed by atoms with van der Waals surface area (Å²) in [4.78, 5) is 0. The van der Waals surface area contributed by atoms with Crippen LogP contribution in [-0.2, 0) is 10.8 Å². The van der Waals surface area contributed by atoms with Gasteiger partial charge in [-0.2, -0.15) is 0 Å². The minimum Gasteiger partial charge on any atom is -0.466 e. The molecule has 1 unspecified atom stereocenters. The maximum absolute atomic E-state index is 5.59. The fraction of sp³-hybridized carbons (Fsp3) is 0.333. The molecule has 0 aliphatic carbocycles. The first kappa shape index (κ1) is 7.83. The Morgan fingerprint density at radius 2 is 2.25 bits per heavy atom. The molecule has 0 saturated heterocycles. The third kappa shape index (κ3) is 1.38. The summed E-state index contributed by atoms with van der Waals surface area (Å²) in [5.41, 5.74) is 1.30. The van der Waals surface area contributed by atoms with Crippen LogP contribution in [0.25, 0.3) is 0 Å². The van der Waals surface area contributed by atoms with Crippen molar-refractivity contribution < 1.29 is 9.16 Å². The van der Waals surface area contributed by atoms with Crippen molar-refractivity contribution in [1.29, 1.82) is 0 Å². The first-order chi connectivity index (χ1) is 5.90. The lowest BCUT2D eigenvalue weighted by Gasteiger charge is -2.24. The normalized spacial score (nSPS) is 21.5. The van der Waals surface area contributed by atoms with E-state index in [4.69, 9.17) is 9.16 Å². The van der Waals surface area contributed by atoms with E-state index in [1.165, 1.54) is 5.56 Å². The molecule has 0 N–H and O–H groups in total. The van der Waals surface area contributed by atoms with Crippen LogP contribution in [0.15, 0.2) is 24.3 Å². The van der Waals surface area contributed by atoms with Crippen LogP contribution in [0.1, 0.15) is 12.0 Å². The summed E-state index contributed by atoms with van der Waals surface area (Å²) in [6, 6.07) is 8.15. The van der Waals surface area contributed by atoms with Crippen molar-refractivity contribution in [2.45, 2.75) is 19.1 Å². The van der Waals surface area contributed by atoms with Crippen LogP contribution in [0.2, 0.25) is 0 Å². The zero-order chi connectivity index (χ0) is 8.39. The van der Waals surface area contributed by atoms with E-state index in [-0.39, 0.29) is 6.29 Å². The van der Waals surface area contributed by atoms with Gasteiger partial charge in [0.05, 0.1) is 0 Å². The molecular weight excluding hydrogens is 168 g/mol. The van der Waals surface area contributed by atoms with Crippen LogP contribution in [0.5, 0.6) is 5.75 Å². The number of para-hydroxylation sites is 1. The largest absolute Gasteiger partial charge is 0.466 e. The van der Waals surface area contributed by atoms with Gasteiger partial charge in [0.15, 0.2) is 16.8 Å². The molecule has 12 heavy (non-hydrogen) atoms. The Labute approximate surface area is 75.0 Å². The van der Waals surface area contributed by atoms with Crippen LogP contribution < -0.4 is 4.74 Å². The summed E-state index contributed by atoms with van der Waals surface area (Å²) in [6.07, 6.45) is 2.07. The number of hydrogen-bond donors (Lipinski definition) is 0. The van der Waals surface area contributed by atoms with Crippen molar-refractivity contribution in [2.24, 2.45) is 0 Å². The van der Waals surface area contributed by atoms with Gasteiger partial charge in [-0.3, -0.25) is 0 Å². The molecule has 0 saturated carbocycles. The second-order valence-electron chi connectivity index (χ2n) is 2.93. The Hall–Kier alpha value is -0.803. The number of fused-ring (bicyclic) bond motifs is 1. The summed E-state index contributed by atoms with van der Waals surface area (Å²) < 4.78 is 10.9. The molecule has 2 rings (SSSR count). The lowest BCUT2D eigenvalue weighted by atomic mass is 10.1. The Morgan fingerprint density at radius 1 is 1.42 bits per heavy atom. The van der Waals surface area contributed by atoms with Crippen molar-refractivity contribution in [1.82, 2.24) is 0 Å². The molecule has 2 nitrogen and oxygen atoms in total. The summed E-state index contributed by atoms with van der Waals surface area (Å²) >= 11 is 0. The lowest BCUT2D eigenvalue weighted by molar-refractivity contribution is -0.00372. The van der Waals surface area contributed by atoms with Gasteiger partial charge in [0, 0.05) is 6.42 Å². The predicted octanol–water partition coefficient (Wildman–Crippen LogP) is 0.635. The standard InChI is InChI=1S/C9H12O2Si/c12-11-9-6-5-7-3-1-2-4-8(7)10-9/h1-4,9H,5-6H2,12H3. The molecule has 0 amide bonds. The highest BCUT2D eigenvalue weighted by Crippen LogP contribution is 2.26. The van der Waals surface area contributed by atoms with Crippen LogP contribution in [-0.4, -0.2) is 16.8 Å². The monoisotopic (exact) mass is 180 g/mol. The molecule has 1 aliphatic rings. The third-order valence-electron chi connectivity index (χ3n) is 2.14. The van der Waals surface area contributed by atoms with Crippen molar-refractivity contribution in [3.63, 3.8) is 0 Å². The quantitative estimate of drug-likeness (QED) is 0.590. The second kappa shape index (κ2) is 3.29. The van der Waals surface area contributed by atoms with E-state index in [0.717, 1.165) is 29.1 Å². The minimum absolute atomic E-state index is 0.00608. The molecule has 0 radical (unpaired) electrons. The van der Waals surface area contributed by atoms with Crippen molar-refractivity contribution in [2.75, 3.05) is 0 Å². The van der Waals surface area contributed by atoms with E-state index < -0.39 is 0 Å². The molecule has 1 atom stereocenters. The summed E-state index contributed by atoms with van der Waals surface area (Å²) in [5.74, 6) is 0.990. The SMILES string of the molecule is [SiH3]OC1CCc2ccccc2O1. The van der Waals surface area contributed by atoms with E-state index in [0.29, 0.717) is 0 Å². The number of aryl methyl sites for hydroxylation is 1. The summed E-state index contributed by atoms with van der Waals surface area (Å²) in [5, 5.41) is 0. The van der Waals surface area contributed by atoms with Gasteiger partial charge in [0.1, 0.15) is 5.75 Å². The Morgan fingerprint density at radius 3 is 3.08 bits per heavy atom. The fourth-order valence-corrected chi connectivity index (χ4v) is 1.80. The van der Waals surface area contributed by atoms with Crippen molar-refractivity contribution in [3.8, 4) is 5.75 Å². The topological polar surface area (TPSA) is 18.5 Å². The Bertz CT molecular complexity index is 275.